The predicted octanol–water partition coefficient (Wildman–Crippen LogP) is 7.84. The summed E-state index contributed by atoms with van der Waals surface area (Å²) in [6.45, 7) is 6.95. The second-order valence-corrected chi connectivity index (χ2v) is 10.8. The van der Waals surface area contributed by atoms with E-state index in [0.717, 1.165) is 0 Å². The molecule has 0 saturated carbocycles. The van der Waals surface area contributed by atoms with Gasteiger partial charge in [0.2, 0.25) is 6.33 Å². The minimum Gasteiger partial charge on any atom is -0.743 e. The number of unbranched alkanes of at least 4 members (excludes halogenated alkanes) is 11. The van der Waals surface area contributed by atoms with Crippen molar-refractivity contribution in [3.8, 4) is 0 Å². The predicted molar refractivity (Wildman–Crippen MR) is 127 cm³/mol. The van der Waals surface area contributed by atoms with Crippen LogP contribution in [-0.4, -0.2) is 40.8 Å². The molecule has 0 fully saturated rings. The minimum absolute atomic E-state index is 1.19. The fourth-order valence-electron chi connectivity index (χ4n) is 3.55. The molecule has 0 aromatic carbocycles. The van der Waals surface area contributed by atoms with Crippen LogP contribution in [0.5, 0.6) is 0 Å². The van der Waals surface area contributed by atoms with Crippen molar-refractivity contribution in [1.82, 2.24) is 4.57 Å². The molecule has 0 N–H and O–H groups in total. The number of aromatic nitrogens is 2. The van der Waals surface area contributed by atoms with Gasteiger partial charge in [-0.15, -0.1) is 0 Å². The lowest BCUT2D eigenvalue weighted by Gasteiger charge is -2.34. The van der Waals surface area contributed by atoms with E-state index in [2.05, 4.69) is 41.7 Å². The van der Waals surface area contributed by atoms with Gasteiger partial charge in [-0.3, -0.25) is 0 Å². The SMILES string of the molecule is CCCCCCCCCCn1cc[n+](CCCCCCC)c1.O=S(=O)([O-])C(F)(F)C(F)(F)C(F)(F)C(F)(F)F. The Morgan fingerprint density at radius 3 is 1.56 bits per heavy atom. The Bertz CT molecular complexity index is 905. The Balaban J connectivity index is 0.000000768. The molecule has 39 heavy (non-hydrogen) atoms. The van der Waals surface area contributed by atoms with Gasteiger partial charge in [0, 0.05) is 0 Å². The Morgan fingerprint density at radius 1 is 0.692 bits per heavy atom. The Hall–Kier alpha value is -1.51. The first-order valence-corrected chi connectivity index (χ1v) is 14.5. The summed E-state index contributed by atoms with van der Waals surface area (Å²) in [5.41, 5.74) is 0. The largest absolute Gasteiger partial charge is 0.743 e. The molecule has 0 unspecified atom stereocenters. The van der Waals surface area contributed by atoms with Crippen LogP contribution >= 0.6 is 0 Å². The van der Waals surface area contributed by atoms with E-state index in [1.165, 1.54) is 96.6 Å². The fourth-order valence-corrected chi connectivity index (χ4v) is 3.99. The first kappa shape index (κ1) is 37.5. The van der Waals surface area contributed by atoms with Gasteiger partial charge in [0.15, 0.2) is 10.1 Å². The van der Waals surface area contributed by atoms with E-state index >= 15 is 0 Å². The van der Waals surface area contributed by atoms with Crippen molar-refractivity contribution >= 4 is 10.1 Å². The number of alkyl halides is 9. The summed E-state index contributed by atoms with van der Waals surface area (Å²) >= 11 is 0. The molecule has 15 heteroatoms. The van der Waals surface area contributed by atoms with Gasteiger partial charge in [-0.2, -0.15) is 39.5 Å². The van der Waals surface area contributed by atoms with Crippen LogP contribution in [0.3, 0.4) is 0 Å². The molecule has 0 aliphatic rings. The molecule has 1 aromatic heterocycles. The van der Waals surface area contributed by atoms with Crippen LogP contribution in [0.1, 0.15) is 97.3 Å². The maximum Gasteiger partial charge on any atom is 0.460 e. The Morgan fingerprint density at radius 2 is 1.13 bits per heavy atom. The maximum atomic E-state index is 12.2. The lowest BCUT2D eigenvalue weighted by Crippen LogP contribution is -2.63. The standard InChI is InChI=1S/C20H39N2.C4HF9O3S/c1-3-5-7-9-10-11-13-15-17-22-19-18-21(20-22)16-14-12-8-6-4-2;5-1(6,3(9,10)11)2(7,8)4(12,13)17(14,15)16/h18-20H,3-17H2,1-2H3;(H,14,15,16)/q+1;/p-1. The zero-order chi connectivity index (χ0) is 30.4. The Labute approximate surface area is 224 Å². The highest BCUT2D eigenvalue weighted by molar-refractivity contribution is 7.86. The normalized spacial score (nSPS) is 13.3. The van der Waals surface area contributed by atoms with Crippen LogP contribution < -0.4 is 4.57 Å². The molecule has 0 aliphatic carbocycles. The second kappa shape index (κ2) is 16.7. The third-order valence-corrected chi connectivity index (χ3v) is 6.85. The summed E-state index contributed by atoms with van der Waals surface area (Å²) in [5.74, 6) is -14.8. The van der Waals surface area contributed by atoms with E-state index in [1.807, 2.05) is 0 Å². The molecule has 5 nitrogen and oxygen atoms in total. The molecule has 0 amide bonds. The second-order valence-electron chi connectivity index (χ2n) is 9.40. The summed E-state index contributed by atoms with van der Waals surface area (Å²) in [5, 5.41) is -7.11. The molecule has 0 saturated heterocycles. The lowest BCUT2D eigenvalue weighted by atomic mass is 10.1. The molecule has 0 bridgehead atoms. The van der Waals surface area contributed by atoms with Crippen LogP contribution in [0.2, 0.25) is 0 Å². The van der Waals surface area contributed by atoms with Crippen molar-refractivity contribution in [2.75, 3.05) is 0 Å². The number of hydrogen-bond donors (Lipinski definition) is 0. The van der Waals surface area contributed by atoms with E-state index in [4.69, 9.17) is 0 Å². The quantitative estimate of drug-likeness (QED) is 0.0740. The fraction of sp³-hybridized carbons (Fsp3) is 0.875. The molecule has 1 heterocycles. The molecule has 0 atom stereocenters. The van der Waals surface area contributed by atoms with Crippen molar-refractivity contribution < 1.29 is 57.1 Å². The highest BCUT2D eigenvalue weighted by Crippen LogP contribution is 2.54. The van der Waals surface area contributed by atoms with E-state index in [0.29, 0.717) is 0 Å². The highest BCUT2D eigenvalue weighted by Gasteiger charge is 2.83. The summed E-state index contributed by atoms with van der Waals surface area (Å²) in [6.07, 6.45) is 17.7. The average Bonchev–Trinajstić information content (AvgIpc) is 3.27. The van der Waals surface area contributed by atoms with Crippen LogP contribution in [0, 0.1) is 0 Å². The summed E-state index contributed by atoms with van der Waals surface area (Å²) in [4.78, 5) is 0. The zero-order valence-corrected chi connectivity index (χ0v) is 23.1. The van der Waals surface area contributed by atoms with Gasteiger partial charge in [-0.1, -0.05) is 71.6 Å². The zero-order valence-electron chi connectivity index (χ0n) is 22.3. The number of nitrogens with zero attached hydrogens (tertiary/aromatic N) is 2. The molecular weight excluding hydrogens is 567 g/mol. The van der Waals surface area contributed by atoms with Gasteiger partial charge in [-0.25, -0.2) is 17.6 Å². The maximum absolute atomic E-state index is 12.2. The van der Waals surface area contributed by atoms with Crippen molar-refractivity contribution in [2.45, 2.75) is 134 Å². The molecular formula is C24H39F9N2O3S. The van der Waals surface area contributed by atoms with Crippen molar-refractivity contribution in [3.63, 3.8) is 0 Å². The summed E-state index contributed by atoms with van der Waals surface area (Å²) in [6, 6.07) is 0. The first-order valence-electron chi connectivity index (χ1n) is 13.1. The highest BCUT2D eigenvalue weighted by atomic mass is 32.2. The molecule has 1 rings (SSSR count). The van der Waals surface area contributed by atoms with Gasteiger partial charge < -0.3 is 4.55 Å². The summed E-state index contributed by atoms with van der Waals surface area (Å²) < 4.78 is 140. The molecule has 0 aliphatic heterocycles. The van der Waals surface area contributed by atoms with Gasteiger partial charge in [0.25, 0.3) is 0 Å². The van der Waals surface area contributed by atoms with Crippen LogP contribution in [0.4, 0.5) is 39.5 Å². The van der Waals surface area contributed by atoms with Crippen LogP contribution in [0.15, 0.2) is 18.7 Å². The van der Waals surface area contributed by atoms with Crippen LogP contribution in [-0.2, 0) is 23.2 Å². The number of rotatable bonds is 18. The van der Waals surface area contributed by atoms with Gasteiger partial charge >= 0.3 is 23.3 Å². The van der Waals surface area contributed by atoms with Crippen molar-refractivity contribution in [1.29, 1.82) is 0 Å². The molecule has 1 aromatic rings. The van der Waals surface area contributed by atoms with E-state index in [9.17, 15) is 52.5 Å². The van der Waals surface area contributed by atoms with Crippen molar-refractivity contribution in [2.24, 2.45) is 0 Å². The summed E-state index contributed by atoms with van der Waals surface area (Å²) in [7, 11) is -7.42. The third-order valence-electron chi connectivity index (χ3n) is 5.97. The molecule has 0 spiro atoms. The monoisotopic (exact) mass is 606 g/mol. The van der Waals surface area contributed by atoms with Gasteiger partial charge in [0.1, 0.15) is 12.4 Å². The first-order chi connectivity index (χ1) is 17.9. The molecule has 232 valence electrons. The number of imidazole rings is 1. The van der Waals surface area contributed by atoms with Crippen molar-refractivity contribution in [3.05, 3.63) is 18.7 Å². The van der Waals surface area contributed by atoms with Gasteiger partial charge in [0.05, 0.1) is 13.1 Å². The number of halogens is 9. The third kappa shape index (κ3) is 11.9. The van der Waals surface area contributed by atoms with Gasteiger partial charge in [-0.05, 0) is 25.7 Å². The van der Waals surface area contributed by atoms with E-state index in [1.54, 1.807) is 0 Å². The average molecular weight is 607 g/mol. The van der Waals surface area contributed by atoms with Crippen LogP contribution in [0.25, 0.3) is 0 Å². The minimum atomic E-state index is -7.43. The van der Waals surface area contributed by atoms with E-state index < -0.39 is 33.4 Å². The number of aryl methyl sites for hydroxylation is 2. The lowest BCUT2D eigenvalue weighted by molar-refractivity contribution is -0.696. The number of hydrogen-bond acceptors (Lipinski definition) is 3. The smallest absolute Gasteiger partial charge is 0.460 e. The Kier molecular flexibility index (Phi) is 16.0. The molecule has 0 radical (unpaired) electrons. The topological polar surface area (TPSA) is 66.0 Å². The van der Waals surface area contributed by atoms with E-state index in [-0.39, 0.29) is 0 Å².